The highest BCUT2D eigenvalue weighted by molar-refractivity contribution is 5.92. The molecule has 0 aromatic carbocycles. The summed E-state index contributed by atoms with van der Waals surface area (Å²) in [5.74, 6) is -3.19. The van der Waals surface area contributed by atoms with Crippen LogP contribution in [-0.4, -0.2) is 79.8 Å². The van der Waals surface area contributed by atoms with Crippen molar-refractivity contribution in [2.75, 3.05) is 33.2 Å². The minimum Gasteiger partial charge on any atom is -0.480 e. The summed E-state index contributed by atoms with van der Waals surface area (Å²) in [4.78, 5) is 57.2. The number of hydrogen-bond donors (Lipinski definition) is 6. The van der Waals surface area contributed by atoms with Crippen molar-refractivity contribution in [1.29, 1.82) is 0 Å². The molecule has 0 aromatic heterocycles. The van der Waals surface area contributed by atoms with Crippen molar-refractivity contribution in [3.8, 4) is 0 Å². The van der Waals surface area contributed by atoms with Gasteiger partial charge in [-0.3, -0.25) is 19.2 Å². The number of carbonyl (C=O) groups excluding carboxylic acids is 4. The molecule has 4 amide bonds. The summed E-state index contributed by atoms with van der Waals surface area (Å²) >= 11 is 0. The van der Waals surface area contributed by atoms with Crippen molar-refractivity contribution >= 4 is 29.8 Å². The fourth-order valence-corrected chi connectivity index (χ4v) is 1.65. The van der Waals surface area contributed by atoms with Crippen LogP contribution < -0.4 is 26.6 Å². The van der Waals surface area contributed by atoms with Crippen LogP contribution in [0, 0.1) is 0 Å². The Bertz CT molecular complexity index is 559. The number of carboxylic acids is 1. The maximum atomic E-state index is 11.8. The van der Waals surface area contributed by atoms with Crippen molar-refractivity contribution in [3.63, 3.8) is 0 Å². The Morgan fingerprint density at radius 3 is 2.04 bits per heavy atom. The van der Waals surface area contributed by atoms with Crippen LogP contribution in [0.5, 0.6) is 0 Å². The molecule has 154 valence electrons. The number of aliphatic carboxylic acids is 1. The molecule has 0 aliphatic heterocycles. The number of carboxylic acid groups (broad SMARTS) is 1. The van der Waals surface area contributed by atoms with Crippen molar-refractivity contribution in [2.24, 2.45) is 0 Å². The van der Waals surface area contributed by atoms with Gasteiger partial charge in [-0.2, -0.15) is 0 Å². The van der Waals surface area contributed by atoms with E-state index in [-0.39, 0.29) is 13.1 Å². The van der Waals surface area contributed by atoms with Crippen LogP contribution in [0.4, 0.5) is 4.79 Å². The summed E-state index contributed by atoms with van der Waals surface area (Å²) in [7, 11) is 1.55. The lowest BCUT2D eigenvalue weighted by Gasteiger charge is -2.19. The lowest BCUT2D eigenvalue weighted by Crippen LogP contribution is -2.54. The lowest BCUT2D eigenvalue weighted by atomic mass is 10.2. The molecule has 12 heteroatoms. The monoisotopic (exact) mass is 389 g/mol. The average Bonchev–Trinajstić information content (AvgIpc) is 2.54. The number of hydrogen-bond acceptors (Lipinski definition) is 7. The van der Waals surface area contributed by atoms with Gasteiger partial charge in [-0.15, -0.1) is 0 Å². The summed E-state index contributed by atoms with van der Waals surface area (Å²) < 4.78 is 4.96. The van der Waals surface area contributed by atoms with Crippen molar-refractivity contribution < 1.29 is 33.8 Å². The molecule has 0 saturated carbocycles. The van der Waals surface area contributed by atoms with E-state index in [1.54, 1.807) is 27.8 Å². The van der Waals surface area contributed by atoms with Crippen LogP contribution in [0.1, 0.15) is 20.8 Å². The molecule has 0 saturated heterocycles. The average molecular weight is 389 g/mol. The highest BCUT2D eigenvalue weighted by Gasteiger charge is 2.21. The Hall–Kier alpha value is -2.89. The van der Waals surface area contributed by atoms with E-state index >= 15 is 0 Å². The molecule has 0 aliphatic rings. The Balaban J connectivity index is 4.29. The number of ether oxygens (including phenoxy) is 1. The predicted octanol–water partition coefficient (Wildman–Crippen LogP) is -2.47. The van der Waals surface area contributed by atoms with Crippen LogP contribution in [0.15, 0.2) is 0 Å². The SMILES string of the molecule is CNC[C@H](NC(=O)CNC(=O)CNC(=O)OC(C)(C)C)C(=O)NCC(=O)O. The van der Waals surface area contributed by atoms with Gasteiger partial charge in [-0.25, -0.2) is 4.79 Å². The van der Waals surface area contributed by atoms with Gasteiger partial charge < -0.3 is 36.4 Å². The molecular weight excluding hydrogens is 362 g/mol. The van der Waals surface area contributed by atoms with Crippen LogP contribution >= 0.6 is 0 Å². The molecule has 0 rings (SSSR count). The van der Waals surface area contributed by atoms with E-state index < -0.39 is 54.5 Å². The number of likely N-dealkylation sites (N-methyl/N-ethyl adjacent to an activating group) is 1. The van der Waals surface area contributed by atoms with E-state index in [1.165, 1.54) is 0 Å². The van der Waals surface area contributed by atoms with Gasteiger partial charge in [0, 0.05) is 6.54 Å². The number of rotatable bonds is 10. The third kappa shape index (κ3) is 13.0. The van der Waals surface area contributed by atoms with Gasteiger partial charge in [0.2, 0.25) is 17.7 Å². The largest absolute Gasteiger partial charge is 0.480 e. The zero-order chi connectivity index (χ0) is 21.0. The Kier molecular flexibility index (Phi) is 10.4. The molecule has 1 atom stereocenters. The van der Waals surface area contributed by atoms with Gasteiger partial charge in [0.1, 0.15) is 24.7 Å². The van der Waals surface area contributed by atoms with Crippen molar-refractivity contribution in [2.45, 2.75) is 32.4 Å². The van der Waals surface area contributed by atoms with Crippen LogP contribution in [0.3, 0.4) is 0 Å². The van der Waals surface area contributed by atoms with Gasteiger partial charge in [0.05, 0.1) is 6.54 Å². The third-order valence-corrected chi connectivity index (χ3v) is 2.71. The van der Waals surface area contributed by atoms with E-state index in [4.69, 9.17) is 9.84 Å². The van der Waals surface area contributed by atoms with Crippen LogP contribution in [0.2, 0.25) is 0 Å². The smallest absolute Gasteiger partial charge is 0.408 e. The second kappa shape index (κ2) is 11.7. The first-order chi connectivity index (χ1) is 12.4. The molecule has 27 heavy (non-hydrogen) atoms. The molecule has 0 heterocycles. The molecule has 0 bridgehead atoms. The van der Waals surface area contributed by atoms with Crippen molar-refractivity contribution in [3.05, 3.63) is 0 Å². The molecule has 0 fully saturated rings. The van der Waals surface area contributed by atoms with Gasteiger partial charge >= 0.3 is 12.1 Å². The summed E-state index contributed by atoms with van der Waals surface area (Å²) in [6.07, 6.45) is -0.772. The highest BCUT2D eigenvalue weighted by Crippen LogP contribution is 2.05. The number of carbonyl (C=O) groups is 5. The van der Waals surface area contributed by atoms with E-state index in [9.17, 15) is 24.0 Å². The van der Waals surface area contributed by atoms with E-state index in [0.29, 0.717) is 0 Å². The second-order valence-corrected chi connectivity index (χ2v) is 6.42. The van der Waals surface area contributed by atoms with Gasteiger partial charge in [0.25, 0.3) is 0 Å². The minimum absolute atomic E-state index is 0.0609. The van der Waals surface area contributed by atoms with Gasteiger partial charge in [-0.1, -0.05) is 0 Å². The van der Waals surface area contributed by atoms with Gasteiger partial charge in [0.15, 0.2) is 0 Å². The molecule has 0 unspecified atom stereocenters. The quantitative estimate of drug-likeness (QED) is 0.238. The minimum atomic E-state index is -1.22. The normalized spacial score (nSPS) is 11.7. The zero-order valence-electron chi connectivity index (χ0n) is 15.8. The molecule has 12 nitrogen and oxygen atoms in total. The fourth-order valence-electron chi connectivity index (χ4n) is 1.65. The second-order valence-electron chi connectivity index (χ2n) is 6.42. The highest BCUT2D eigenvalue weighted by atomic mass is 16.6. The van der Waals surface area contributed by atoms with Crippen LogP contribution in [0.25, 0.3) is 0 Å². The fraction of sp³-hybridized carbons (Fsp3) is 0.667. The zero-order valence-corrected chi connectivity index (χ0v) is 15.8. The maximum absolute atomic E-state index is 11.8. The number of nitrogens with one attached hydrogen (secondary N) is 5. The number of alkyl carbamates (subject to hydrolysis) is 1. The predicted molar refractivity (Wildman–Crippen MR) is 93.7 cm³/mol. The van der Waals surface area contributed by atoms with Crippen molar-refractivity contribution in [1.82, 2.24) is 26.6 Å². The van der Waals surface area contributed by atoms with E-state index in [1.807, 2.05) is 0 Å². The summed E-state index contributed by atoms with van der Waals surface area (Å²) in [6, 6.07) is -1.02. The Labute approximate surface area is 156 Å². The molecule has 0 aliphatic carbocycles. The summed E-state index contributed by atoms with van der Waals surface area (Å²) in [5.41, 5.74) is -0.704. The lowest BCUT2D eigenvalue weighted by molar-refractivity contribution is -0.138. The standard InChI is InChI=1S/C15H27N5O7/c1-15(2,3)27-14(26)19-6-10(21)17-7-11(22)20-9(5-16-4)13(25)18-8-12(23)24/h9,16H,5-8H2,1-4H3,(H,17,21)(H,18,25)(H,19,26)(H,20,22)(H,23,24)/t9-/m0/s1. The molecule has 6 N–H and O–H groups in total. The number of amides is 4. The van der Waals surface area contributed by atoms with E-state index in [0.717, 1.165) is 0 Å². The molecule has 0 aromatic rings. The Morgan fingerprint density at radius 1 is 0.926 bits per heavy atom. The van der Waals surface area contributed by atoms with E-state index in [2.05, 4.69) is 26.6 Å². The molecule has 0 radical (unpaired) electrons. The first-order valence-electron chi connectivity index (χ1n) is 8.11. The van der Waals surface area contributed by atoms with Gasteiger partial charge in [-0.05, 0) is 27.8 Å². The first kappa shape index (κ1) is 24.1. The third-order valence-electron chi connectivity index (χ3n) is 2.71. The van der Waals surface area contributed by atoms with Crippen LogP contribution in [-0.2, 0) is 23.9 Å². The molecule has 0 spiro atoms. The maximum Gasteiger partial charge on any atom is 0.408 e. The summed E-state index contributed by atoms with van der Waals surface area (Å²) in [5, 5.41) is 20.2. The molecular formula is C15H27N5O7. The first-order valence-corrected chi connectivity index (χ1v) is 8.11. The Morgan fingerprint density at radius 2 is 1.52 bits per heavy atom. The summed E-state index contributed by atoms with van der Waals surface area (Å²) in [6.45, 7) is 3.68. The topological polar surface area (TPSA) is 175 Å².